The van der Waals surface area contributed by atoms with Crippen LogP contribution in [0, 0.1) is 0 Å². The number of imidazole rings is 1. The number of aromatic nitrogens is 3. The molecule has 0 amide bonds. The van der Waals surface area contributed by atoms with Crippen LogP contribution < -0.4 is 19.3 Å². The lowest BCUT2D eigenvalue weighted by molar-refractivity contribution is -0.189. The van der Waals surface area contributed by atoms with E-state index in [2.05, 4.69) is 81.2 Å². The van der Waals surface area contributed by atoms with Crippen LogP contribution in [0.15, 0.2) is 102 Å². The predicted octanol–water partition coefficient (Wildman–Crippen LogP) is 7.93. The third-order valence-corrected chi connectivity index (χ3v) is 10.5. The Hall–Kier alpha value is -3.80. The number of ether oxygens (including phenoxy) is 3. The van der Waals surface area contributed by atoms with Gasteiger partial charge < -0.3 is 33.1 Å². The number of halogens is 2. The van der Waals surface area contributed by atoms with Crippen molar-refractivity contribution >= 4 is 51.6 Å². The maximum absolute atomic E-state index is 6.61. The fraction of sp³-hybridized carbons (Fsp3) is 0.351. The van der Waals surface area contributed by atoms with Gasteiger partial charge in [0.2, 0.25) is 5.79 Å². The molecule has 3 unspecified atom stereocenters. The standard InChI is InChI=1S/C37H40Cl2N6O3S/c1-3-27(2)45-19-20-49-36(45)41-29-5-4-6-31(22-29)44-17-15-43(16-18-44)30-8-10-32(11-9-30)46-23-33-24-47-37(48-33,25-42-14-13-40-26-42)34-12-7-28(38)21-35(34)39/h4-14,19-22,26-27,33H,3,15-18,23-25H2,1-2H3. The van der Waals surface area contributed by atoms with E-state index in [0.717, 1.165) is 54.4 Å². The summed E-state index contributed by atoms with van der Waals surface area (Å²) in [5.41, 5.74) is 4.10. The first-order valence-electron chi connectivity index (χ1n) is 16.7. The SMILES string of the molecule is CCC(C)n1ccsc1=Nc1cccc(N2CCN(c3ccc(OCC4COC(Cn5ccnc5)(c5ccc(Cl)cc5Cl)O4)cc3)CC2)c1. The van der Waals surface area contributed by atoms with Crippen molar-refractivity contribution in [2.24, 2.45) is 4.99 Å². The second kappa shape index (κ2) is 15.0. The lowest BCUT2D eigenvalue weighted by Gasteiger charge is -2.37. The molecule has 9 nitrogen and oxygen atoms in total. The van der Waals surface area contributed by atoms with Crippen LogP contribution in [0.4, 0.5) is 17.1 Å². The third kappa shape index (κ3) is 7.69. The van der Waals surface area contributed by atoms with E-state index in [1.807, 2.05) is 29.0 Å². The van der Waals surface area contributed by atoms with Crippen LogP contribution >= 0.6 is 34.5 Å². The average Bonchev–Trinajstić information content (AvgIpc) is 3.90. The fourth-order valence-corrected chi connectivity index (χ4v) is 7.69. The molecule has 5 aromatic rings. The summed E-state index contributed by atoms with van der Waals surface area (Å²) in [7, 11) is 0. The van der Waals surface area contributed by atoms with Crippen molar-refractivity contribution in [1.82, 2.24) is 14.1 Å². The number of hydrogen-bond acceptors (Lipinski definition) is 8. The molecule has 0 spiro atoms. The van der Waals surface area contributed by atoms with Gasteiger partial charge in [-0.2, -0.15) is 0 Å². The Balaban J connectivity index is 0.941. The summed E-state index contributed by atoms with van der Waals surface area (Å²) in [4.78, 5) is 15.0. The average molecular weight is 720 g/mol. The lowest BCUT2D eigenvalue weighted by Crippen LogP contribution is -2.46. The van der Waals surface area contributed by atoms with E-state index in [1.54, 1.807) is 36.0 Å². The number of benzene rings is 3. The van der Waals surface area contributed by atoms with E-state index >= 15 is 0 Å². The smallest absolute Gasteiger partial charge is 0.215 e. The molecule has 2 fully saturated rings. The molecule has 2 aromatic heterocycles. The van der Waals surface area contributed by atoms with Gasteiger partial charge in [0.15, 0.2) is 4.80 Å². The molecule has 0 bridgehead atoms. The molecule has 0 saturated carbocycles. The summed E-state index contributed by atoms with van der Waals surface area (Å²) in [6.07, 6.45) is 8.24. The predicted molar refractivity (Wildman–Crippen MR) is 197 cm³/mol. The van der Waals surface area contributed by atoms with E-state index in [1.165, 1.54) is 11.4 Å². The van der Waals surface area contributed by atoms with Crippen molar-refractivity contribution in [3.63, 3.8) is 0 Å². The van der Waals surface area contributed by atoms with Crippen molar-refractivity contribution in [2.75, 3.05) is 49.2 Å². The Morgan fingerprint density at radius 2 is 1.80 bits per heavy atom. The summed E-state index contributed by atoms with van der Waals surface area (Å²) in [5, 5.41) is 3.15. The molecule has 12 heteroatoms. The summed E-state index contributed by atoms with van der Waals surface area (Å²) >= 11 is 14.5. The molecule has 2 saturated heterocycles. The zero-order valence-corrected chi connectivity index (χ0v) is 29.9. The second-order valence-electron chi connectivity index (χ2n) is 12.4. The molecular weight excluding hydrogens is 679 g/mol. The molecule has 0 radical (unpaired) electrons. The Kier molecular flexibility index (Phi) is 10.3. The lowest BCUT2D eigenvalue weighted by atomic mass is 10.1. The van der Waals surface area contributed by atoms with Crippen molar-refractivity contribution in [1.29, 1.82) is 0 Å². The van der Waals surface area contributed by atoms with Gasteiger partial charge in [0.05, 0.1) is 30.2 Å². The highest BCUT2D eigenvalue weighted by Crippen LogP contribution is 2.40. The first kappa shape index (κ1) is 33.7. The molecule has 2 aliphatic heterocycles. The van der Waals surface area contributed by atoms with Crippen LogP contribution in [0.2, 0.25) is 10.0 Å². The Morgan fingerprint density at radius 1 is 1.00 bits per heavy atom. The molecule has 256 valence electrons. The Bertz CT molecular complexity index is 1910. The summed E-state index contributed by atoms with van der Waals surface area (Å²) in [5.74, 6) is -0.304. The topological polar surface area (TPSA) is 69.3 Å². The normalized spacial score (nSPS) is 20.6. The Morgan fingerprint density at radius 3 is 2.53 bits per heavy atom. The van der Waals surface area contributed by atoms with E-state index < -0.39 is 5.79 Å². The molecule has 2 aliphatic rings. The van der Waals surface area contributed by atoms with Crippen molar-refractivity contribution in [3.05, 3.63) is 117 Å². The molecule has 7 rings (SSSR count). The maximum atomic E-state index is 6.61. The minimum atomic E-state index is -1.08. The highest BCUT2D eigenvalue weighted by molar-refractivity contribution is 7.07. The van der Waals surface area contributed by atoms with Gasteiger partial charge in [-0.05, 0) is 67.9 Å². The van der Waals surface area contributed by atoms with Gasteiger partial charge >= 0.3 is 0 Å². The quantitative estimate of drug-likeness (QED) is 0.138. The Labute approximate surface area is 300 Å². The second-order valence-corrected chi connectivity index (χ2v) is 14.1. The van der Waals surface area contributed by atoms with Crippen LogP contribution in [0.3, 0.4) is 0 Å². The minimum Gasteiger partial charge on any atom is -0.491 e. The van der Waals surface area contributed by atoms with Crippen molar-refractivity contribution in [3.8, 4) is 5.75 Å². The first-order chi connectivity index (χ1) is 23.9. The minimum absolute atomic E-state index is 0.291. The first-order valence-corrected chi connectivity index (χ1v) is 18.3. The third-order valence-electron chi connectivity index (χ3n) is 9.17. The monoisotopic (exact) mass is 718 g/mol. The number of nitrogens with zero attached hydrogens (tertiary/aromatic N) is 6. The van der Waals surface area contributed by atoms with Gasteiger partial charge in [-0.1, -0.05) is 42.3 Å². The molecular formula is C37H40Cl2N6O3S. The van der Waals surface area contributed by atoms with Gasteiger partial charge in [0.1, 0.15) is 18.5 Å². The van der Waals surface area contributed by atoms with E-state index in [4.69, 9.17) is 42.4 Å². The van der Waals surface area contributed by atoms with Crippen LogP contribution in [0.1, 0.15) is 31.9 Å². The number of rotatable bonds is 11. The number of hydrogen-bond donors (Lipinski definition) is 0. The summed E-state index contributed by atoms with van der Waals surface area (Å²) < 4.78 is 23.2. The maximum Gasteiger partial charge on any atom is 0.215 e. The molecule has 3 atom stereocenters. The van der Waals surface area contributed by atoms with E-state index in [0.29, 0.717) is 35.8 Å². The van der Waals surface area contributed by atoms with Crippen LogP contribution in [0.5, 0.6) is 5.75 Å². The molecule has 0 aliphatic carbocycles. The van der Waals surface area contributed by atoms with Gasteiger partial charge in [0, 0.05) is 78.2 Å². The highest BCUT2D eigenvalue weighted by atomic mass is 35.5. The van der Waals surface area contributed by atoms with Crippen LogP contribution in [-0.4, -0.2) is 59.6 Å². The molecule has 4 heterocycles. The van der Waals surface area contributed by atoms with Gasteiger partial charge in [-0.15, -0.1) is 11.3 Å². The fourth-order valence-electron chi connectivity index (χ4n) is 6.31. The number of thiazole rings is 1. The molecule has 0 N–H and O–H groups in total. The van der Waals surface area contributed by atoms with E-state index in [9.17, 15) is 0 Å². The molecule has 3 aromatic carbocycles. The van der Waals surface area contributed by atoms with Crippen molar-refractivity contribution < 1.29 is 14.2 Å². The van der Waals surface area contributed by atoms with Gasteiger partial charge in [0.25, 0.3) is 0 Å². The molecule has 49 heavy (non-hydrogen) atoms. The van der Waals surface area contributed by atoms with Crippen LogP contribution in [-0.2, 0) is 21.8 Å². The highest BCUT2D eigenvalue weighted by Gasteiger charge is 2.45. The van der Waals surface area contributed by atoms with E-state index in [-0.39, 0.29) is 6.10 Å². The summed E-state index contributed by atoms with van der Waals surface area (Å²) in [6, 6.07) is 22.6. The number of anilines is 2. The van der Waals surface area contributed by atoms with Crippen LogP contribution in [0.25, 0.3) is 0 Å². The summed E-state index contributed by atoms with van der Waals surface area (Å²) in [6.45, 7) is 9.26. The zero-order chi connectivity index (χ0) is 33.8. The zero-order valence-electron chi connectivity index (χ0n) is 27.6. The van der Waals surface area contributed by atoms with Gasteiger partial charge in [-0.3, -0.25) is 0 Å². The van der Waals surface area contributed by atoms with Crippen molar-refractivity contribution in [2.45, 2.75) is 44.7 Å². The van der Waals surface area contributed by atoms with Gasteiger partial charge in [-0.25, -0.2) is 9.98 Å². The largest absolute Gasteiger partial charge is 0.491 e. The number of piperazine rings is 1.